The lowest BCUT2D eigenvalue weighted by Gasteiger charge is -2.09. The van der Waals surface area contributed by atoms with E-state index >= 15 is 0 Å². The first-order valence-electron chi connectivity index (χ1n) is 6.98. The van der Waals surface area contributed by atoms with Gasteiger partial charge in [0.05, 0.1) is 5.02 Å². The van der Waals surface area contributed by atoms with Gasteiger partial charge in [-0.2, -0.15) is 0 Å². The standard InChI is InChI=1S/C18H13BrClNO2/c19-14-6-8-17(16(20)10-14)23-11-18(22)21-15-7-5-12-3-1-2-4-13(12)9-15/h1-10H,11H2,(H,21,22). The van der Waals surface area contributed by atoms with E-state index in [0.29, 0.717) is 10.8 Å². The van der Waals surface area contributed by atoms with Crippen molar-refractivity contribution in [1.29, 1.82) is 0 Å². The van der Waals surface area contributed by atoms with Gasteiger partial charge >= 0.3 is 0 Å². The zero-order valence-electron chi connectivity index (χ0n) is 12.1. The van der Waals surface area contributed by atoms with E-state index in [1.807, 2.05) is 48.5 Å². The molecule has 1 amide bonds. The number of hydrogen-bond donors (Lipinski definition) is 1. The predicted molar refractivity (Wildman–Crippen MR) is 97.2 cm³/mol. The molecule has 1 N–H and O–H groups in total. The third kappa shape index (κ3) is 4.03. The first kappa shape index (κ1) is 15.8. The van der Waals surface area contributed by atoms with Crippen molar-refractivity contribution in [1.82, 2.24) is 0 Å². The molecular weight excluding hydrogens is 378 g/mol. The summed E-state index contributed by atoms with van der Waals surface area (Å²) in [6.07, 6.45) is 0. The quantitative estimate of drug-likeness (QED) is 0.659. The molecule has 0 fully saturated rings. The van der Waals surface area contributed by atoms with Crippen LogP contribution < -0.4 is 10.1 Å². The number of carbonyl (C=O) groups is 1. The molecule has 0 aliphatic heterocycles. The van der Waals surface area contributed by atoms with Crippen LogP contribution >= 0.6 is 27.5 Å². The third-order valence-electron chi connectivity index (χ3n) is 3.29. The molecule has 3 aromatic carbocycles. The topological polar surface area (TPSA) is 38.3 Å². The summed E-state index contributed by atoms with van der Waals surface area (Å²) in [5.74, 6) is 0.239. The molecule has 0 heterocycles. The van der Waals surface area contributed by atoms with E-state index < -0.39 is 0 Å². The van der Waals surface area contributed by atoms with E-state index in [9.17, 15) is 4.79 Å². The average Bonchev–Trinajstić information content (AvgIpc) is 2.54. The highest BCUT2D eigenvalue weighted by molar-refractivity contribution is 9.10. The van der Waals surface area contributed by atoms with Crippen LogP contribution in [0.1, 0.15) is 0 Å². The Kier molecular flexibility index (Phi) is 4.84. The molecule has 0 saturated heterocycles. The van der Waals surface area contributed by atoms with Gasteiger partial charge in [0.1, 0.15) is 5.75 Å². The normalized spacial score (nSPS) is 10.5. The summed E-state index contributed by atoms with van der Waals surface area (Å²) in [6, 6.07) is 19.0. The van der Waals surface area contributed by atoms with Crippen molar-refractivity contribution < 1.29 is 9.53 Å². The second-order valence-electron chi connectivity index (χ2n) is 4.97. The van der Waals surface area contributed by atoms with E-state index in [2.05, 4.69) is 21.2 Å². The fourth-order valence-electron chi connectivity index (χ4n) is 2.20. The Labute approximate surface area is 147 Å². The van der Waals surface area contributed by atoms with Crippen molar-refractivity contribution in [3.63, 3.8) is 0 Å². The van der Waals surface area contributed by atoms with Crippen LogP contribution in [0.25, 0.3) is 10.8 Å². The van der Waals surface area contributed by atoms with Gasteiger partial charge in [0.25, 0.3) is 5.91 Å². The summed E-state index contributed by atoms with van der Waals surface area (Å²) in [4.78, 5) is 12.0. The number of carbonyl (C=O) groups excluding carboxylic acids is 1. The lowest BCUT2D eigenvalue weighted by molar-refractivity contribution is -0.118. The summed E-state index contributed by atoms with van der Waals surface area (Å²) in [5.41, 5.74) is 0.735. The number of nitrogens with one attached hydrogen (secondary N) is 1. The van der Waals surface area contributed by atoms with Crippen molar-refractivity contribution in [2.24, 2.45) is 0 Å². The highest BCUT2D eigenvalue weighted by atomic mass is 79.9. The Morgan fingerprint density at radius 3 is 2.61 bits per heavy atom. The molecule has 5 heteroatoms. The van der Waals surface area contributed by atoms with Crippen LogP contribution in [-0.4, -0.2) is 12.5 Å². The lowest BCUT2D eigenvalue weighted by atomic mass is 10.1. The molecule has 0 bridgehead atoms. The van der Waals surface area contributed by atoms with E-state index in [-0.39, 0.29) is 12.5 Å². The van der Waals surface area contributed by atoms with Crippen LogP contribution in [0.3, 0.4) is 0 Å². The van der Waals surface area contributed by atoms with Crippen LogP contribution in [0.15, 0.2) is 65.1 Å². The Hall–Kier alpha value is -2.04. The fraction of sp³-hybridized carbons (Fsp3) is 0.0556. The highest BCUT2D eigenvalue weighted by Gasteiger charge is 2.07. The summed E-state index contributed by atoms with van der Waals surface area (Å²) in [7, 11) is 0. The first-order valence-corrected chi connectivity index (χ1v) is 8.15. The molecule has 3 nitrogen and oxygen atoms in total. The molecule has 0 aliphatic rings. The van der Waals surface area contributed by atoms with Gasteiger partial charge in [-0.25, -0.2) is 0 Å². The largest absolute Gasteiger partial charge is 0.482 e. The van der Waals surface area contributed by atoms with Gasteiger partial charge in [0.2, 0.25) is 0 Å². The fourth-order valence-corrected chi connectivity index (χ4v) is 2.93. The van der Waals surface area contributed by atoms with Gasteiger partial charge in [-0.1, -0.05) is 57.9 Å². The number of amides is 1. The molecule has 23 heavy (non-hydrogen) atoms. The van der Waals surface area contributed by atoms with Gasteiger partial charge in [-0.05, 0) is 41.1 Å². The Balaban J connectivity index is 1.64. The minimum absolute atomic E-state index is 0.103. The van der Waals surface area contributed by atoms with Gasteiger partial charge in [0, 0.05) is 10.2 Å². The van der Waals surface area contributed by atoms with Crippen molar-refractivity contribution in [2.75, 3.05) is 11.9 Å². The molecule has 0 saturated carbocycles. The van der Waals surface area contributed by atoms with Crippen LogP contribution in [-0.2, 0) is 4.79 Å². The van der Waals surface area contributed by atoms with Crippen LogP contribution in [0.5, 0.6) is 5.75 Å². The molecule has 0 spiro atoms. The van der Waals surface area contributed by atoms with Crippen LogP contribution in [0.2, 0.25) is 5.02 Å². The molecule has 0 aliphatic carbocycles. The number of anilines is 1. The molecule has 0 unspecified atom stereocenters. The van der Waals surface area contributed by atoms with Crippen LogP contribution in [0.4, 0.5) is 5.69 Å². The van der Waals surface area contributed by atoms with Gasteiger partial charge in [0.15, 0.2) is 6.61 Å². The predicted octanol–water partition coefficient (Wildman–Crippen LogP) is 5.27. The summed E-state index contributed by atoms with van der Waals surface area (Å²) in [6.45, 7) is -0.103. The number of fused-ring (bicyclic) bond motifs is 1. The van der Waals surface area contributed by atoms with E-state index in [1.54, 1.807) is 12.1 Å². The highest BCUT2D eigenvalue weighted by Crippen LogP contribution is 2.27. The zero-order valence-corrected chi connectivity index (χ0v) is 14.4. The van der Waals surface area contributed by atoms with E-state index in [4.69, 9.17) is 16.3 Å². The molecule has 3 rings (SSSR count). The van der Waals surface area contributed by atoms with E-state index in [0.717, 1.165) is 20.9 Å². The molecule has 0 atom stereocenters. The molecular formula is C18H13BrClNO2. The number of benzene rings is 3. The maximum atomic E-state index is 12.0. The number of rotatable bonds is 4. The number of halogens is 2. The van der Waals surface area contributed by atoms with Gasteiger partial charge in [-0.3, -0.25) is 4.79 Å². The minimum Gasteiger partial charge on any atom is -0.482 e. The Bertz CT molecular complexity index is 867. The van der Waals surface area contributed by atoms with Crippen molar-refractivity contribution in [3.8, 4) is 5.75 Å². The summed E-state index contributed by atoms with van der Waals surface area (Å²) >= 11 is 9.37. The van der Waals surface area contributed by atoms with Crippen molar-refractivity contribution in [2.45, 2.75) is 0 Å². The Morgan fingerprint density at radius 2 is 1.83 bits per heavy atom. The minimum atomic E-state index is -0.237. The molecule has 116 valence electrons. The second kappa shape index (κ2) is 7.02. The zero-order chi connectivity index (χ0) is 16.2. The molecule has 0 aromatic heterocycles. The first-order chi connectivity index (χ1) is 11.1. The average molecular weight is 391 g/mol. The third-order valence-corrected chi connectivity index (χ3v) is 4.07. The van der Waals surface area contributed by atoms with Crippen LogP contribution in [0, 0.1) is 0 Å². The number of ether oxygens (including phenoxy) is 1. The smallest absolute Gasteiger partial charge is 0.262 e. The molecule has 0 radical (unpaired) electrons. The summed E-state index contributed by atoms with van der Waals surface area (Å²) < 4.78 is 6.31. The number of hydrogen-bond acceptors (Lipinski definition) is 2. The monoisotopic (exact) mass is 389 g/mol. The SMILES string of the molecule is O=C(COc1ccc(Br)cc1Cl)Nc1ccc2ccccc2c1. The second-order valence-corrected chi connectivity index (χ2v) is 6.30. The maximum Gasteiger partial charge on any atom is 0.262 e. The van der Waals surface area contributed by atoms with Crippen molar-refractivity contribution in [3.05, 3.63) is 70.2 Å². The van der Waals surface area contributed by atoms with Gasteiger partial charge in [-0.15, -0.1) is 0 Å². The van der Waals surface area contributed by atoms with Gasteiger partial charge < -0.3 is 10.1 Å². The maximum absolute atomic E-state index is 12.0. The van der Waals surface area contributed by atoms with Crippen molar-refractivity contribution >= 4 is 49.9 Å². The summed E-state index contributed by atoms with van der Waals surface area (Å²) in [5, 5.41) is 5.47. The lowest BCUT2D eigenvalue weighted by Crippen LogP contribution is -2.20. The molecule has 3 aromatic rings. The van der Waals surface area contributed by atoms with E-state index in [1.165, 1.54) is 0 Å². The Morgan fingerprint density at radius 1 is 1.04 bits per heavy atom.